The highest BCUT2D eigenvalue weighted by Crippen LogP contribution is 2.29. The summed E-state index contributed by atoms with van der Waals surface area (Å²) >= 11 is 0. The first kappa shape index (κ1) is 11.8. The Kier molecular flexibility index (Phi) is 3.27. The summed E-state index contributed by atoms with van der Waals surface area (Å²) < 4.78 is 5.39. The van der Waals surface area contributed by atoms with Gasteiger partial charge in [0.15, 0.2) is 11.4 Å². The van der Waals surface area contributed by atoms with Crippen LogP contribution in [-0.4, -0.2) is 17.4 Å². The third-order valence-corrected chi connectivity index (χ3v) is 3.22. The standard InChI is InChI=1S/C14H16O3/c1-14(10-6-5-9-12(14)15)17-13(16)11-7-3-2-4-8-11/h2-4,7-8H,5-6,9-10H2,1H3. The fourth-order valence-corrected chi connectivity index (χ4v) is 2.10. The van der Waals surface area contributed by atoms with Gasteiger partial charge in [0.1, 0.15) is 0 Å². The van der Waals surface area contributed by atoms with Gasteiger partial charge >= 0.3 is 5.97 Å². The van der Waals surface area contributed by atoms with Gasteiger partial charge in [0.2, 0.25) is 0 Å². The normalized spacial score (nSPS) is 24.4. The lowest BCUT2D eigenvalue weighted by atomic mass is 9.85. The van der Waals surface area contributed by atoms with E-state index in [-0.39, 0.29) is 5.78 Å². The summed E-state index contributed by atoms with van der Waals surface area (Å²) in [5.74, 6) is -0.378. The number of benzene rings is 1. The Morgan fingerprint density at radius 2 is 1.94 bits per heavy atom. The number of carbonyl (C=O) groups excluding carboxylic acids is 2. The quantitative estimate of drug-likeness (QED) is 0.736. The number of ketones is 1. The molecule has 0 aliphatic heterocycles. The Bertz CT molecular complexity index is 424. The molecule has 1 fully saturated rings. The minimum Gasteiger partial charge on any atom is -0.448 e. The number of rotatable bonds is 2. The van der Waals surface area contributed by atoms with Crippen molar-refractivity contribution in [2.45, 2.75) is 38.2 Å². The zero-order valence-corrected chi connectivity index (χ0v) is 9.94. The first-order valence-electron chi connectivity index (χ1n) is 5.93. The molecule has 0 saturated heterocycles. The summed E-state index contributed by atoms with van der Waals surface area (Å²) in [5, 5.41) is 0. The first-order chi connectivity index (χ1) is 8.12. The van der Waals surface area contributed by atoms with Crippen LogP contribution in [0.3, 0.4) is 0 Å². The molecule has 90 valence electrons. The number of Topliss-reactive ketones (excluding diaryl/α,β-unsaturated/α-hetero) is 1. The van der Waals surface area contributed by atoms with E-state index in [1.165, 1.54) is 0 Å². The Hall–Kier alpha value is -1.64. The minimum absolute atomic E-state index is 0.0352. The number of esters is 1. The molecule has 0 radical (unpaired) electrons. The summed E-state index contributed by atoms with van der Waals surface area (Å²) in [6.45, 7) is 1.72. The molecule has 0 amide bonds. The molecule has 0 bridgehead atoms. The molecule has 3 heteroatoms. The molecule has 1 aliphatic carbocycles. The van der Waals surface area contributed by atoms with Crippen molar-refractivity contribution in [2.75, 3.05) is 0 Å². The summed E-state index contributed by atoms with van der Waals surface area (Å²) in [6, 6.07) is 8.78. The highest BCUT2D eigenvalue weighted by Gasteiger charge is 2.38. The largest absolute Gasteiger partial charge is 0.448 e. The van der Waals surface area contributed by atoms with Crippen LogP contribution < -0.4 is 0 Å². The summed E-state index contributed by atoms with van der Waals surface area (Å²) in [4.78, 5) is 23.7. The molecule has 0 N–H and O–H groups in total. The topological polar surface area (TPSA) is 43.4 Å². The maximum absolute atomic E-state index is 11.9. The molecule has 0 heterocycles. The van der Waals surface area contributed by atoms with E-state index in [4.69, 9.17) is 4.74 Å². The zero-order chi connectivity index (χ0) is 12.3. The van der Waals surface area contributed by atoms with Gasteiger partial charge in [-0.15, -0.1) is 0 Å². The number of ether oxygens (including phenoxy) is 1. The monoisotopic (exact) mass is 232 g/mol. The van der Waals surface area contributed by atoms with Gasteiger partial charge in [-0.1, -0.05) is 18.2 Å². The molecule has 1 saturated carbocycles. The van der Waals surface area contributed by atoms with Crippen LogP contribution in [0, 0.1) is 0 Å². The second kappa shape index (κ2) is 4.70. The van der Waals surface area contributed by atoms with Crippen LogP contribution in [0.5, 0.6) is 0 Å². The Morgan fingerprint density at radius 1 is 1.24 bits per heavy atom. The zero-order valence-electron chi connectivity index (χ0n) is 9.94. The van der Waals surface area contributed by atoms with E-state index < -0.39 is 11.6 Å². The van der Waals surface area contributed by atoms with Gasteiger partial charge in [0, 0.05) is 6.42 Å². The van der Waals surface area contributed by atoms with E-state index in [9.17, 15) is 9.59 Å². The van der Waals surface area contributed by atoms with Gasteiger partial charge in [0.05, 0.1) is 5.56 Å². The fraction of sp³-hybridized carbons (Fsp3) is 0.429. The van der Waals surface area contributed by atoms with Crippen LogP contribution in [0.1, 0.15) is 43.0 Å². The van der Waals surface area contributed by atoms with Crippen LogP contribution in [-0.2, 0) is 9.53 Å². The third kappa shape index (κ3) is 2.54. The lowest BCUT2D eigenvalue weighted by Crippen LogP contribution is -2.42. The van der Waals surface area contributed by atoms with Crippen LogP contribution >= 0.6 is 0 Å². The van der Waals surface area contributed by atoms with Crippen LogP contribution in [0.2, 0.25) is 0 Å². The van der Waals surface area contributed by atoms with Crippen molar-refractivity contribution in [2.24, 2.45) is 0 Å². The maximum atomic E-state index is 11.9. The molecular weight excluding hydrogens is 216 g/mol. The van der Waals surface area contributed by atoms with Gasteiger partial charge in [-0.2, -0.15) is 0 Å². The lowest BCUT2D eigenvalue weighted by molar-refractivity contribution is -0.140. The molecule has 1 unspecified atom stereocenters. The van der Waals surface area contributed by atoms with Crippen LogP contribution in [0.4, 0.5) is 0 Å². The van der Waals surface area contributed by atoms with E-state index in [1.807, 2.05) is 6.07 Å². The predicted octanol–water partition coefficient (Wildman–Crippen LogP) is 2.75. The van der Waals surface area contributed by atoms with Gasteiger partial charge in [0.25, 0.3) is 0 Å². The second-order valence-electron chi connectivity index (χ2n) is 4.62. The van der Waals surface area contributed by atoms with Crippen molar-refractivity contribution in [3.63, 3.8) is 0 Å². The smallest absolute Gasteiger partial charge is 0.339 e. The molecule has 0 aromatic heterocycles. The maximum Gasteiger partial charge on any atom is 0.339 e. The van der Waals surface area contributed by atoms with E-state index in [1.54, 1.807) is 31.2 Å². The van der Waals surface area contributed by atoms with Gasteiger partial charge < -0.3 is 4.74 Å². The first-order valence-corrected chi connectivity index (χ1v) is 5.93. The Balaban J connectivity index is 2.10. The average Bonchev–Trinajstić information content (AvgIpc) is 2.34. The van der Waals surface area contributed by atoms with Crippen molar-refractivity contribution in [1.29, 1.82) is 0 Å². The summed E-state index contributed by atoms with van der Waals surface area (Å²) in [5.41, 5.74) is -0.433. The minimum atomic E-state index is -0.925. The van der Waals surface area contributed by atoms with Crippen molar-refractivity contribution >= 4 is 11.8 Å². The van der Waals surface area contributed by atoms with Gasteiger partial charge in [-0.25, -0.2) is 4.79 Å². The Morgan fingerprint density at radius 3 is 2.59 bits per heavy atom. The molecule has 1 aromatic rings. The average molecular weight is 232 g/mol. The number of carbonyl (C=O) groups is 2. The van der Waals surface area contributed by atoms with Crippen LogP contribution in [0.25, 0.3) is 0 Å². The number of hydrogen-bond donors (Lipinski definition) is 0. The SMILES string of the molecule is CC1(OC(=O)c2ccccc2)CCCCC1=O. The molecule has 1 aromatic carbocycles. The Labute approximate surface area is 101 Å². The molecular formula is C14H16O3. The van der Waals surface area contributed by atoms with Crippen molar-refractivity contribution in [1.82, 2.24) is 0 Å². The van der Waals surface area contributed by atoms with Crippen molar-refractivity contribution < 1.29 is 14.3 Å². The van der Waals surface area contributed by atoms with Crippen molar-refractivity contribution in [3.8, 4) is 0 Å². The molecule has 17 heavy (non-hydrogen) atoms. The number of hydrogen-bond acceptors (Lipinski definition) is 3. The van der Waals surface area contributed by atoms with Gasteiger partial charge in [-0.3, -0.25) is 4.79 Å². The van der Waals surface area contributed by atoms with Crippen molar-refractivity contribution in [3.05, 3.63) is 35.9 Å². The molecule has 1 aliphatic rings. The third-order valence-electron chi connectivity index (χ3n) is 3.22. The molecule has 3 nitrogen and oxygen atoms in total. The summed E-state index contributed by atoms with van der Waals surface area (Å²) in [7, 11) is 0. The lowest BCUT2D eigenvalue weighted by Gasteiger charge is -2.31. The predicted molar refractivity (Wildman–Crippen MR) is 63.7 cm³/mol. The molecule has 0 spiro atoms. The highest BCUT2D eigenvalue weighted by atomic mass is 16.6. The van der Waals surface area contributed by atoms with E-state index in [2.05, 4.69) is 0 Å². The van der Waals surface area contributed by atoms with E-state index in [0.717, 1.165) is 12.8 Å². The molecule has 2 rings (SSSR count). The van der Waals surface area contributed by atoms with E-state index >= 15 is 0 Å². The summed E-state index contributed by atoms with van der Waals surface area (Å²) in [6.07, 6.45) is 2.98. The highest BCUT2D eigenvalue weighted by molar-refractivity contribution is 5.94. The molecule has 1 atom stereocenters. The van der Waals surface area contributed by atoms with Crippen LogP contribution in [0.15, 0.2) is 30.3 Å². The fourth-order valence-electron chi connectivity index (χ4n) is 2.10. The second-order valence-corrected chi connectivity index (χ2v) is 4.62. The van der Waals surface area contributed by atoms with Gasteiger partial charge in [-0.05, 0) is 38.3 Å². The van der Waals surface area contributed by atoms with E-state index in [0.29, 0.717) is 18.4 Å².